The molecule has 0 saturated heterocycles. The molecule has 0 aliphatic rings. The highest BCUT2D eigenvalue weighted by molar-refractivity contribution is 6.31. The average Bonchev–Trinajstić information content (AvgIpc) is 2.74. The Labute approximate surface area is 168 Å². The van der Waals surface area contributed by atoms with E-state index in [4.69, 9.17) is 16.3 Å². The minimum Gasteiger partial charge on any atom is -0.489 e. The fraction of sp³-hybridized carbons (Fsp3) is 0.0417. The van der Waals surface area contributed by atoms with E-state index in [0.717, 1.165) is 22.0 Å². The second-order valence-corrected chi connectivity index (χ2v) is 6.80. The number of fused-ring (bicyclic) bond motifs is 1. The fourth-order valence-electron chi connectivity index (χ4n) is 3.03. The van der Waals surface area contributed by atoms with Crippen molar-refractivity contribution in [3.05, 3.63) is 107 Å². The Kier molecular flexibility index (Phi) is 5.27. The fourth-order valence-corrected chi connectivity index (χ4v) is 3.22. The largest absolute Gasteiger partial charge is 0.489 e. The summed E-state index contributed by atoms with van der Waals surface area (Å²) in [6.07, 6.45) is 0. The SMILES string of the molecule is O=C(Nc1cccc2ccccc12)c1cccc(OCc2ccccc2Cl)c1. The van der Waals surface area contributed by atoms with Crippen molar-refractivity contribution < 1.29 is 9.53 Å². The molecule has 0 saturated carbocycles. The van der Waals surface area contributed by atoms with Crippen LogP contribution in [0.5, 0.6) is 5.75 Å². The van der Waals surface area contributed by atoms with E-state index >= 15 is 0 Å². The number of carbonyl (C=O) groups is 1. The predicted molar refractivity (Wildman–Crippen MR) is 114 cm³/mol. The lowest BCUT2D eigenvalue weighted by Gasteiger charge is -2.11. The summed E-state index contributed by atoms with van der Waals surface area (Å²) in [5.74, 6) is 0.435. The number of nitrogens with one attached hydrogen (secondary N) is 1. The molecule has 4 rings (SSSR count). The van der Waals surface area contributed by atoms with Gasteiger partial charge in [0.25, 0.3) is 5.91 Å². The molecule has 0 atom stereocenters. The highest BCUT2D eigenvalue weighted by Crippen LogP contribution is 2.24. The van der Waals surface area contributed by atoms with Gasteiger partial charge in [0.15, 0.2) is 0 Å². The third-order valence-electron chi connectivity index (χ3n) is 4.49. The first-order valence-corrected chi connectivity index (χ1v) is 9.34. The van der Waals surface area contributed by atoms with Crippen LogP contribution in [0.25, 0.3) is 10.8 Å². The molecule has 1 N–H and O–H groups in total. The summed E-state index contributed by atoms with van der Waals surface area (Å²) in [5.41, 5.74) is 2.21. The molecular weight excluding hydrogens is 370 g/mol. The number of anilines is 1. The monoisotopic (exact) mass is 387 g/mol. The van der Waals surface area contributed by atoms with Crippen LogP contribution in [0.2, 0.25) is 5.02 Å². The highest BCUT2D eigenvalue weighted by atomic mass is 35.5. The van der Waals surface area contributed by atoms with Crippen molar-refractivity contribution >= 4 is 34.0 Å². The maximum atomic E-state index is 12.8. The van der Waals surface area contributed by atoms with Crippen LogP contribution in [0.1, 0.15) is 15.9 Å². The Morgan fingerprint density at radius 2 is 1.61 bits per heavy atom. The van der Waals surface area contributed by atoms with Gasteiger partial charge in [-0.25, -0.2) is 0 Å². The Balaban J connectivity index is 1.50. The van der Waals surface area contributed by atoms with Crippen molar-refractivity contribution in [2.24, 2.45) is 0 Å². The van der Waals surface area contributed by atoms with Crippen LogP contribution in [0.4, 0.5) is 5.69 Å². The summed E-state index contributed by atoms with van der Waals surface area (Å²) in [7, 11) is 0. The summed E-state index contributed by atoms with van der Waals surface area (Å²) in [5, 5.41) is 5.74. The van der Waals surface area contributed by atoms with Crippen molar-refractivity contribution in [1.29, 1.82) is 0 Å². The van der Waals surface area contributed by atoms with Crippen molar-refractivity contribution in [3.63, 3.8) is 0 Å². The van der Waals surface area contributed by atoms with Crippen molar-refractivity contribution in [2.45, 2.75) is 6.61 Å². The van der Waals surface area contributed by atoms with Gasteiger partial charge in [0.05, 0.1) is 0 Å². The van der Waals surface area contributed by atoms with Gasteiger partial charge >= 0.3 is 0 Å². The van der Waals surface area contributed by atoms with Crippen LogP contribution >= 0.6 is 11.6 Å². The van der Waals surface area contributed by atoms with Gasteiger partial charge in [-0.1, -0.05) is 72.3 Å². The Morgan fingerprint density at radius 1 is 0.857 bits per heavy atom. The summed E-state index contributed by atoms with van der Waals surface area (Å²) in [4.78, 5) is 12.8. The first-order valence-electron chi connectivity index (χ1n) is 8.96. The van der Waals surface area contributed by atoms with Gasteiger partial charge in [-0.3, -0.25) is 4.79 Å². The lowest BCUT2D eigenvalue weighted by atomic mass is 10.1. The molecule has 4 aromatic carbocycles. The lowest BCUT2D eigenvalue weighted by Crippen LogP contribution is -2.12. The minimum atomic E-state index is -0.181. The van der Waals surface area contributed by atoms with Crippen LogP contribution in [0.3, 0.4) is 0 Å². The summed E-state index contributed by atoms with van der Waals surface area (Å²) in [6, 6.07) is 28.5. The normalized spacial score (nSPS) is 10.6. The zero-order chi connectivity index (χ0) is 19.3. The minimum absolute atomic E-state index is 0.181. The van der Waals surface area contributed by atoms with Crippen molar-refractivity contribution in [1.82, 2.24) is 0 Å². The molecule has 4 heteroatoms. The molecule has 1 amide bonds. The van der Waals surface area contributed by atoms with E-state index in [1.165, 1.54) is 0 Å². The summed E-state index contributed by atoms with van der Waals surface area (Å²) in [6.45, 7) is 0.341. The number of ether oxygens (including phenoxy) is 1. The van der Waals surface area contributed by atoms with Crippen molar-refractivity contribution in [2.75, 3.05) is 5.32 Å². The molecular formula is C24H18ClNO2. The zero-order valence-electron chi connectivity index (χ0n) is 15.1. The summed E-state index contributed by atoms with van der Waals surface area (Å²) >= 11 is 6.17. The highest BCUT2D eigenvalue weighted by Gasteiger charge is 2.10. The molecule has 0 radical (unpaired) electrons. The second-order valence-electron chi connectivity index (χ2n) is 6.39. The van der Waals surface area contributed by atoms with Gasteiger partial charge in [-0.2, -0.15) is 0 Å². The van der Waals surface area contributed by atoms with E-state index in [9.17, 15) is 4.79 Å². The van der Waals surface area contributed by atoms with Crippen LogP contribution in [-0.2, 0) is 6.61 Å². The molecule has 0 heterocycles. The van der Waals surface area contributed by atoms with E-state index in [0.29, 0.717) is 22.9 Å². The lowest BCUT2D eigenvalue weighted by molar-refractivity contribution is 0.102. The molecule has 138 valence electrons. The first-order chi connectivity index (χ1) is 13.7. The Hall–Kier alpha value is -3.30. The van der Waals surface area contributed by atoms with Gasteiger partial charge in [0, 0.05) is 27.2 Å². The van der Waals surface area contributed by atoms with Crippen LogP contribution in [-0.4, -0.2) is 5.91 Å². The quantitative estimate of drug-likeness (QED) is 0.435. The summed E-state index contributed by atoms with van der Waals surface area (Å²) < 4.78 is 5.82. The van der Waals surface area contributed by atoms with Crippen LogP contribution < -0.4 is 10.1 Å². The molecule has 0 fully saturated rings. The number of halogens is 1. The van der Waals surface area contributed by atoms with E-state index in [1.54, 1.807) is 18.2 Å². The predicted octanol–water partition coefficient (Wildman–Crippen LogP) is 6.32. The van der Waals surface area contributed by atoms with Crippen LogP contribution in [0.15, 0.2) is 91.0 Å². The zero-order valence-corrected chi connectivity index (χ0v) is 15.8. The maximum Gasteiger partial charge on any atom is 0.255 e. The average molecular weight is 388 g/mol. The molecule has 0 unspecified atom stereocenters. The van der Waals surface area contributed by atoms with Crippen LogP contribution in [0, 0.1) is 0 Å². The number of carbonyl (C=O) groups excluding carboxylic acids is 1. The third kappa shape index (κ3) is 4.00. The molecule has 3 nitrogen and oxygen atoms in total. The smallest absolute Gasteiger partial charge is 0.255 e. The number of hydrogen-bond donors (Lipinski definition) is 1. The number of rotatable bonds is 5. The van der Waals surface area contributed by atoms with Crippen molar-refractivity contribution in [3.8, 4) is 5.75 Å². The molecule has 0 aliphatic carbocycles. The van der Waals surface area contributed by atoms with Gasteiger partial charge in [0.1, 0.15) is 12.4 Å². The molecule has 28 heavy (non-hydrogen) atoms. The molecule has 0 aromatic heterocycles. The Bertz CT molecular complexity index is 1130. The molecule has 0 aliphatic heterocycles. The van der Waals surface area contributed by atoms with E-state index in [2.05, 4.69) is 5.32 Å². The third-order valence-corrected chi connectivity index (χ3v) is 4.85. The van der Waals surface area contributed by atoms with E-state index in [1.807, 2.05) is 72.8 Å². The van der Waals surface area contributed by atoms with Gasteiger partial charge in [-0.15, -0.1) is 0 Å². The van der Waals surface area contributed by atoms with E-state index < -0.39 is 0 Å². The second kappa shape index (κ2) is 8.15. The van der Waals surface area contributed by atoms with Gasteiger partial charge in [-0.05, 0) is 35.7 Å². The number of benzene rings is 4. The van der Waals surface area contributed by atoms with Gasteiger partial charge in [0.2, 0.25) is 0 Å². The Morgan fingerprint density at radius 3 is 2.50 bits per heavy atom. The molecule has 0 bridgehead atoms. The molecule has 0 spiro atoms. The standard InChI is InChI=1S/C24H18ClNO2/c25-22-13-4-2-8-19(22)16-28-20-11-5-10-18(15-20)24(27)26-23-14-6-9-17-7-1-3-12-21(17)23/h1-15H,16H2,(H,26,27). The number of amides is 1. The topological polar surface area (TPSA) is 38.3 Å². The van der Waals surface area contributed by atoms with Gasteiger partial charge < -0.3 is 10.1 Å². The number of hydrogen-bond acceptors (Lipinski definition) is 2. The maximum absolute atomic E-state index is 12.8. The molecule has 4 aromatic rings. The van der Waals surface area contributed by atoms with E-state index in [-0.39, 0.29) is 5.91 Å². The first kappa shape index (κ1) is 18.1.